The highest BCUT2D eigenvalue weighted by Gasteiger charge is 2.40. The van der Waals surface area contributed by atoms with Crippen molar-refractivity contribution in [3.63, 3.8) is 0 Å². The van der Waals surface area contributed by atoms with Gasteiger partial charge in [0.25, 0.3) is 0 Å². The van der Waals surface area contributed by atoms with Crippen molar-refractivity contribution in [2.24, 2.45) is 0 Å². The first kappa shape index (κ1) is 11.8. The minimum atomic E-state index is -4.03. The summed E-state index contributed by atoms with van der Waals surface area (Å²) in [6.45, 7) is 3.00. The van der Waals surface area contributed by atoms with Gasteiger partial charge in [-0.2, -0.15) is 13.2 Å². The first-order chi connectivity index (χ1) is 6.61. The van der Waals surface area contributed by atoms with Crippen molar-refractivity contribution >= 4 is 0 Å². The molecule has 0 aromatic heterocycles. The quantitative estimate of drug-likeness (QED) is 0.635. The molecule has 2 heterocycles. The standard InChI is InChI=1S/C5H8F3N.C4H9N/c6-5(7,8)4-2-1-3-9-4;1-2-4-5-3-1/h4,9H,1-3H2;5H,1-4H2. The van der Waals surface area contributed by atoms with Gasteiger partial charge in [0.15, 0.2) is 0 Å². The van der Waals surface area contributed by atoms with Crippen molar-refractivity contribution in [3.05, 3.63) is 0 Å². The lowest BCUT2D eigenvalue weighted by atomic mass is 10.2. The van der Waals surface area contributed by atoms with Gasteiger partial charge >= 0.3 is 6.18 Å². The van der Waals surface area contributed by atoms with Crippen LogP contribution in [0.2, 0.25) is 0 Å². The van der Waals surface area contributed by atoms with Crippen molar-refractivity contribution in [1.82, 2.24) is 10.6 Å². The fraction of sp³-hybridized carbons (Fsp3) is 1.00. The van der Waals surface area contributed by atoms with E-state index in [-0.39, 0.29) is 6.42 Å². The van der Waals surface area contributed by atoms with E-state index in [0.717, 1.165) is 0 Å². The highest BCUT2D eigenvalue weighted by Crippen LogP contribution is 2.25. The van der Waals surface area contributed by atoms with Crippen LogP contribution in [0.5, 0.6) is 0 Å². The van der Waals surface area contributed by atoms with Gasteiger partial charge in [0, 0.05) is 0 Å². The number of rotatable bonds is 0. The molecule has 5 heteroatoms. The van der Waals surface area contributed by atoms with E-state index in [0.29, 0.717) is 13.0 Å². The largest absolute Gasteiger partial charge is 0.403 e. The summed E-state index contributed by atoms with van der Waals surface area (Å²) in [6.07, 6.45) is -0.371. The summed E-state index contributed by atoms with van der Waals surface area (Å²) < 4.78 is 35.1. The van der Waals surface area contributed by atoms with Gasteiger partial charge in [-0.3, -0.25) is 0 Å². The lowest BCUT2D eigenvalue weighted by Crippen LogP contribution is -2.36. The molecule has 0 amide bonds. The first-order valence-corrected chi connectivity index (χ1v) is 5.11. The molecule has 2 N–H and O–H groups in total. The van der Waals surface area contributed by atoms with Crippen LogP contribution in [0.3, 0.4) is 0 Å². The highest BCUT2D eigenvalue weighted by atomic mass is 19.4. The molecule has 2 rings (SSSR count). The Bertz CT molecular complexity index is 141. The van der Waals surface area contributed by atoms with Gasteiger partial charge in [-0.25, -0.2) is 0 Å². The van der Waals surface area contributed by atoms with Gasteiger partial charge in [0.2, 0.25) is 0 Å². The number of hydrogen-bond donors (Lipinski definition) is 2. The van der Waals surface area contributed by atoms with Crippen LogP contribution in [-0.4, -0.2) is 31.9 Å². The second-order valence-electron chi connectivity index (χ2n) is 3.65. The Morgan fingerprint density at radius 3 is 1.79 bits per heavy atom. The molecule has 84 valence electrons. The molecular weight excluding hydrogens is 193 g/mol. The zero-order valence-electron chi connectivity index (χ0n) is 8.16. The van der Waals surface area contributed by atoms with Crippen molar-refractivity contribution in [2.75, 3.05) is 19.6 Å². The number of alkyl halides is 3. The summed E-state index contributed by atoms with van der Waals surface area (Å²) in [6, 6.07) is -1.24. The molecule has 0 saturated carbocycles. The maximum absolute atomic E-state index is 11.7. The van der Waals surface area contributed by atoms with Crippen molar-refractivity contribution < 1.29 is 13.2 Å². The van der Waals surface area contributed by atoms with Gasteiger partial charge in [0.1, 0.15) is 6.04 Å². The first-order valence-electron chi connectivity index (χ1n) is 5.11. The summed E-state index contributed by atoms with van der Waals surface area (Å²) in [7, 11) is 0. The Morgan fingerprint density at radius 1 is 0.929 bits per heavy atom. The van der Waals surface area contributed by atoms with E-state index in [1.165, 1.54) is 25.9 Å². The second kappa shape index (κ2) is 5.56. The fourth-order valence-electron chi connectivity index (χ4n) is 1.59. The third-order valence-corrected chi connectivity index (χ3v) is 2.41. The monoisotopic (exact) mass is 210 g/mol. The number of nitrogens with one attached hydrogen (secondary N) is 2. The zero-order valence-corrected chi connectivity index (χ0v) is 8.16. The van der Waals surface area contributed by atoms with Gasteiger partial charge in [-0.05, 0) is 45.3 Å². The normalized spacial score (nSPS) is 27.2. The van der Waals surface area contributed by atoms with Crippen molar-refractivity contribution in [1.29, 1.82) is 0 Å². The molecule has 2 fully saturated rings. The Kier molecular flexibility index (Phi) is 4.68. The van der Waals surface area contributed by atoms with Crippen LogP contribution in [0.4, 0.5) is 13.2 Å². The van der Waals surface area contributed by atoms with Crippen molar-refractivity contribution in [2.45, 2.75) is 37.9 Å². The molecule has 0 aromatic rings. The molecule has 0 bridgehead atoms. The molecule has 0 spiro atoms. The SMILES string of the molecule is C1CCNC1.FC(F)(F)C1CCCN1. The van der Waals surface area contributed by atoms with Crippen LogP contribution < -0.4 is 10.6 Å². The molecule has 2 nitrogen and oxygen atoms in total. The van der Waals surface area contributed by atoms with E-state index in [2.05, 4.69) is 10.6 Å². The third kappa shape index (κ3) is 4.28. The van der Waals surface area contributed by atoms with Gasteiger partial charge in [-0.15, -0.1) is 0 Å². The topological polar surface area (TPSA) is 24.1 Å². The van der Waals surface area contributed by atoms with Gasteiger partial charge in [0.05, 0.1) is 0 Å². The van der Waals surface area contributed by atoms with E-state index in [9.17, 15) is 13.2 Å². The molecule has 1 unspecified atom stereocenters. The summed E-state index contributed by atoms with van der Waals surface area (Å²) in [4.78, 5) is 0. The Balaban J connectivity index is 0.000000165. The van der Waals surface area contributed by atoms with Crippen LogP contribution in [0.1, 0.15) is 25.7 Å². The van der Waals surface area contributed by atoms with Crippen LogP contribution in [0.25, 0.3) is 0 Å². The van der Waals surface area contributed by atoms with E-state index in [4.69, 9.17) is 0 Å². The lowest BCUT2D eigenvalue weighted by Gasteiger charge is -2.13. The molecule has 0 radical (unpaired) electrons. The maximum atomic E-state index is 11.7. The lowest BCUT2D eigenvalue weighted by molar-refractivity contribution is -0.151. The molecule has 1 atom stereocenters. The smallest absolute Gasteiger partial charge is 0.317 e. The van der Waals surface area contributed by atoms with Gasteiger partial charge < -0.3 is 10.6 Å². The highest BCUT2D eigenvalue weighted by molar-refractivity contribution is 4.80. The fourth-order valence-corrected chi connectivity index (χ4v) is 1.59. The molecule has 2 aliphatic heterocycles. The molecule has 2 aliphatic rings. The van der Waals surface area contributed by atoms with Crippen LogP contribution in [-0.2, 0) is 0 Å². The average Bonchev–Trinajstić information content (AvgIpc) is 2.80. The zero-order chi connectivity index (χ0) is 10.4. The summed E-state index contributed by atoms with van der Waals surface area (Å²) >= 11 is 0. The third-order valence-electron chi connectivity index (χ3n) is 2.41. The minimum absolute atomic E-state index is 0.240. The summed E-state index contributed by atoms with van der Waals surface area (Å²) in [5, 5.41) is 5.59. The van der Waals surface area contributed by atoms with E-state index in [1.54, 1.807) is 0 Å². The number of halogens is 3. The van der Waals surface area contributed by atoms with Gasteiger partial charge in [-0.1, -0.05) is 0 Å². The van der Waals surface area contributed by atoms with E-state index < -0.39 is 12.2 Å². The molecule has 14 heavy (non-hydrogen) atoms. The molecular formula is C9H17F3N2. The Morgan fingerprint density at radius 2 is 1.57 bits per heavy atom. The van der Waals surface area contributed by atoms with Crippen LogP contribution in [0.15, 0.2) is 0 Å². The predicted octanol–water partition coefficient (Wildman–Crippen LogP) is 1.67. The van der Waals surface area contributed by atoms with E-state index >= 15 is 0 Å². The minimum Gasteiger partial charge on any atom is -0.317 e. The predicted molar refractivity (Wildman–Crippen MR) is 49.2 cm³/mol. The van der Waals surface area contributed by atoms with Crippen LogP contribution >= 0.6 is 0 Å². The molecule has 0 aromatic carbocycles. The second-order valence-corrected chi connectivity index (χ2v) is 3.65. The number of hydrogen-bond acceptors (Lipinski definition) is 2. The van der Waals surface area contributed by atoms with Crippen LogP contribution in [0, 0.1) is 0 Å². The molecule has 2 saturated heterocycles. The van der Waals surface area contributed by atoms with Crippen molar-refractivity contribution in [3.8, 4) is 0 Å². The average molecular weight is 210 g/mol. The Hall–Kier alpha value is -0.290. The van der Waals surface area contributed by atoms with E-state index in [1.807, 2.05) is 0 Å². The molecule has 0 aliphatic carbocycles. The maximum Gasteiger partial charge on any atom is 0.403 e. The summed E-state index contributed by atoms with van der Waals surface area (Å²) in [5.41, 5.74) is 0. The summed E-state index contributed by atoms with van der Waals surface area (Å²) in [5.74, 6) is 0. The Labute approximate surface area is 82.2 Å².